The van der Waals surface area contributed by atoms with E-state index in [0.29, 0.717) is 0 Å². The SMILES string of the molecule is BrCCNCCn1cccn1. The predicted octanol–water partition coefficient (Wildman–Crippen LogP) is 0.868. The van der Waals surface area contributed by atoms with Gasteiger partial charge in [0.05, 0.1) is 6.54 Å². The number of nitrogens with one attached hydrogen (secondary N) is 1. The summed E-state index contributed by atoms with van der Waals surface area (Å²) in [4.78, 5) is 0. The molecule has 0 atom stereocenters. The smallest absolute Gasteiger partial charge is 0.0533 e. The lowest BCUT2D eigenvalue weighted by molar-refractivity contribution is 0.567. The van der Waals surface area contributed by atoms with E-state index in [0.717, 1.165) is 25.0 Å². The van der Waals surface area contributed by atoms with Crippen molar-refractivity contribution in [2.24, 2.45) is 0 Å². The third-order valence-corrected chi connectivity index (χ3v) is 1.74. The summed E-state index contributed by atoms with van der Waals surface area (Å²) in [6.45, 7) is 2.94. The highest BCUT2D eigenvalue weighted by atomic mass is 79.9. The predicted molar refractivity (Wildman–Crippen MR) is 48.9 cm³/mol. The molecular weight excluding hydrogens is 206 g/mol. The van der Waals surface area contributed by atoms with Crippen LogP contribution in [0.1, 0.15) is 0 Å². The van der Waals surface area contributed by atoms with Crippen LogP contribution in [0.15, 0.2) is 18.5 Å². The summed E-state index contributed by atoms with van der Waals surface area (Å²) in [6.07, 6.45) is 3.76. The van der Waals surface area contributed by atoms with E-state index < -0.39 is 0 Å². The van der Waals surface area contributed by atoms with Crippen LogP contribution in [0.4, 0.5) is 0 Å². The average molecular weight is 218 g/mol. The van der Waals surface area contributed by atoms with E-state index in [1.54, 1.807) is 6.20 Å². The second-order valence-electron chi connectivity index (χ2n) is 2.21. The first-order chi connectivity index (χ1) is 5.43. The highest BCUT2D eigenvalue weighted by Gasteiger charge is 1.88. The fourth-order valence-electron chi connectivity index (χ4n) is 0.818. The fraction of sp³-hybridized carbons (Fsp3) is 0.571. The number of nitrogens with zero attached hydrogens (tertiary/aromatic N) is 2. The van der Waals surface area contributed by atoms with E-state index in [2.05, 4.69) is 26.3 Å². The molecule has 0 unspecified atom stereocenters. The zero-order valence-corrected chi connectivity index (χ0v) is 7.92. The second-order valence-corrected chi connectivity index (χ2v) is 3.00. The van der Waals surface area contributed by atoms with Gasteiger partial charge in [0.25, 0.3) is 0 Å². The Bertz CT molecular complexity index is 174. The Morgan fingerprint density at radius 3 is 3.00 bits per heavy atom. The molecule has 0 radical (unpaired) electrons. The van der Waals surface area contributed by atoms with Crippen molar-refractivity contribution in [3.8, 4) is 0 Å². The van der Waals surface area contributed by atoms with Crippen molar-refractivity contribution in [2.75, 3.05) is 18.4 Å². The van der Waals surface area contributed by atoms with E-state index in [9.17, 15) is 0 Å². The third kappa shape index (κ3) is 3.53. The van der Waals surface area contributed by atoms with Crippen LogP contribution in [-0.2, 0) is 6.54 Å². The molecule has 1 aromatic rings. The van der Waals surface area contributed by atoms with Crippen molar-refractivity contribution < 1.29 is 0 Å². The lowest BCUT2D eigenvalue weighted by Crippen LogP contribution is -2.21. The van der Waals surface area contributed by atoms with Crippen molar-refractivity contribution in [1.82, 2.24) is 15.1 Å². The van der Waals surface area contributed by atoms with Crippen molar-refractivity contribution in [2.45, 2.75) is 6.54 Å². The second kappa shape index (κ2) is 5.32. The summed E-state index contributed by atoms with van der Waals surface area (Å²) in [5, 5.41) is 8.35. The minimum atomic E-state index is 0.944. The lowest BCUT2D eigenvalue weighted by Gasteiger charge is -2.01. The first kappa shape index (κ1) is 8.74. The first-order valence-corrected chi connectivity index (χ1v) is 4.80. The molecule has 0 aromatic carbocycles. The van der Waals surface area contributed by atoms with E-state index in [1.807, 2.05) is 16.9 Å². The molecule has 0 saturated heterocycles. The van der Waals surface area contributed by atoms with Gasteiger partial charge in [-0.1, -0.05) is 15.9 Å². The fourth-order valence-corrected chi connectivity index (χ4v) is 1.10. The van der Waals surface area contributed by atoms with Crippen LogP contribution >= 0.6 is 15.9 Å². The quantitative estimate of drug-likeness (QED) is 0.587. The molecule has 0 amide bonds. The van der Waals surface area contributed by atoms with E-state index in [1.165, 1.54) is 0 Å². The Labute approximate surface area is 74.9 Å². The largest absolute Gasteiger partial charge is 0.314 e. The summed E-state index contributed by atoms with van der Waals surface area (Å²) in [5.74, 6) is 0. The molecule has 4 heteroatoms. The molecule has 0 aliphatic carbocycles. The number of alkyl halides is 1. The monoisotopic (exact) mass is 217 g/mol. The van der Waals surface area contributed by atoms with E-state index >= 15 is 0 Å². The summed E-state index contributed by atoms with van der Waals surface area (Å²) in [5.41, 5.74) is 0. The van der Waals surface area contributed by atoms with Gasteiger partial charge in [0.15, 0.2) is 0 Å². The minimum Gasteiger partial charge on any atom is -0.314 e. The highest BCUT2D eigenvalue weighted by molar-refractivity contribution is 9.09. The van der Waals surface area contributed by atoms with Gasteiger partial charge in [-0.05, 0) is 6.07 Å². The van der Waals surface area contributed by atoms with Crippen molar-refractivity contribution in [3.63, 3.8) is 0 Å². The van der Waals surface area contributed by atoms with Gasteiger partial charge in [0, 0.05) is 30.8 Å². The van der Waals surface area contributed by atoms with Crippen molar-refractivity contribution >= 4 is 15.9 Å². The Morgan fingerprint density at radius 2 is 2.36 bits per heavy atom. The number of hydrogen-bond donors (Lipinski definition) is 1. The van der Waals surface area contributed by atoms with Crippen LogP contribution < -0.4 is 5.32 Å². The van der Waals surface area contributed by atoms with Crippen LogP contribution in [-0.4, -0.2) is 28.2 Å². The molecule has 0 spiro atoms. The number of rotatable bonds is 5. The van der Waals surface area contributed by atoms with Crippen LogP contribution in [0.3, 0.4) is 0 Å². The van der Waals surface area contributed by atoms with Gasteiger partial charge in [0.2, 0.25) is 0 Å². The molecule has 0 saturated carbocycles. The van der Waals surface area contributed by atoms with Gasteiger partial charge in [0.1, 0.15) is 0 Å². The van der Waals surface area contributed by atoms with Crippen LogP contribution in [0, 0.1) is 0 Å². The molecule has 0 aliphatic rings. The van der Waals surface area contributed by atoms with Gasteiger partial charge in [-0.2, -0.15) is 5.10 Å². The van der Waals surface area contributed by atoms with Crippen molar-refractivity contribution in [1.29, 1.82) is 0 Å². The van der Waals surface area contributed by atoms with Crippen LogP contribution in [0.5, 0.6) is 0 Å². The maximum atomic E-state index is 4.08. The molecule has 1 aromatic heterocycles. The van der Waals surface area contributed by atoms with Crippen LogP contribution in [0.2, 0.25) is 0 Å². The number of halogens is 1. The summed E-state index contributed by atoms with van der Waals surface area (Å²) in [6, 6.07) is 1.94. The Hall–Kier alpha value is -0.350. The molecule has 11 heavy (non-hydrogen) atoms. The zero-order valence-electron chi connectivity index (χ0n) is 6.33. The van der Waals surface area contributed by atoms with E-state index in [-0.39, 0.29) is 0 Å². The molecule has 0 aliphatic heterocycles. The average Bonchev–Trinajstić information content (AvgIpc) is 2.50. The normalized spacial score (nSPS) is 10.3. The molecule has 1 N–H and O–H groups in total. The Balaban J connectivity index is 2.04. The topological polar surface area (TPSA) is 29.9 Å². The van der Waals surface area contributed by atoms with Crippen molar-refractivity contribution in [3.05, 3.63) is 18.5 Å². The third-order valence-electron chi connectivity index (χ3n) is 1.35. The van der Waals surface area contributed by atoms with Gasteiger partial charge in [-0.3, -0.25) is 4.68 Å². The summed E-state index contributed by atoms with van der Waals surface area (Å²) >= 11 is 3.34. The highest BCUT2D eigenvalue weighted by Crippen LogP contribution is 1.82. The standard InChI is InChI=1S/C7H12BrN3/c8-2-4-9-5-7-11-6-1-3-10-11/h1,3,6,9H,2,4-5,7H2. The van der Waals surface area contributed by atoms with Gasteiger partial charge in [-0.25, -0.2) is 0 Å². The van der Waals surface area contributed by atoms with E-state index in [4.69, 9.17) is 0 Å². The van der Waals surface area contributed by atoms with Gasteiger partial charge in [-0.15, -0.1) is 0 Å². The number of aromatic nitrogens is 2. The summed E-state index contributed by atoms with van der Waals surface area (Å²) < 4.78 is 1.92. The maximum Gasteiger partial charge on any atom is 0.0533 e. The zero-order chi connectivity index (χ0) is 7.94. The van der Waals surface area contributed by atoms with Gasteiger partial charge < -0.3 is 5.32 Å². The molecule has 0 fully saturated rings. The maximum absolute atomic E-state index is 4.08. The Morgan fingerprint density at radius 1 is 1.45 bits per heavy atom. The molecule has 1 rings (SSSR count). The lowest BCUT2D eigenvalue weighted by atomic mass is 10.6. The van der Waals surface area contributed by atoms with Crippen LogP contribution in [0.25, 0.3) is 0 Å². The number of hydrogen-bond acceptors (Lipinski definition) is 2. The molecule has 62 valence electrons. The first-order valence-electron chi connectivity index (χ1n) is 3.67. The molecule has 3 nitrogen and oxygen atoms in total. The molecule has 0 bridgehead atoms. The minimum absolute atomic E-state index is 0.944. The molecule has 1 heterocycles. The molecular formula is C7H12BrN3. The Kier molecular flexibility index (Phi) is 4.23. The summed E-state index contributed by atoms with van der Waals surface area (Å²) in [7, 11) is 0. The van der Waals surface area contributed by atoms with Gasteiger partial charge >= 0.3 is 0 Å².